The van der Waals surface area contributed by atoms with Crippen molar-refractivity contribution in [1.82, 2.24) is 0 Å². The van der Waals surface area contributed by atoms with Crippen molar-refractivity contribution in [2.75, 3.05) is 0 Å². The molecule has 1 saturated carbocycles. The standard InChI is InChI=1S/C33H32F2/c1-22-5-7-27(8-6-22)19-28-12-9-26(10-13-28)11-14-30-20-32(34)31(33(35)21-30)16-15-29-17-23(2)25(4)24(3)18-29/h9-10,12-13,17-18,20-22,27H,5-8,19H2,1-4H3. The highest BCUT2D eigenvalue weighted by Crippen LogP contribution is 2.30. The van der Waals surface area contributed by atoms with Gasteiger partial charge in [0.05, 0.1) is 5.56 Å². The zero-order valence-corrected chi connectivity index (χ0v) is 21.1. The molecule has 1 aliphatic carbocycles. The van der Waals surface area contributed by atoms with Gasteiger partial charge in [-0.2, -0.15) is 0 Å². The predicted octanol–water partition coefficient (Wildman–Crippen LogP) is 8.06. The summed E-state index contributed by atoms with van der Waals surface area (Å²) in [6, 6.07) is 14.6. The third-order valence-corrected chi connectivity index (χ3v) is 7.27. The first kappa shape index (κ1) is 24.8. The molecule has 3 aromatic rings. The second-order valence-corrected chi connectivity index (χ2v) is 10.1. The van der Waals surface area contributed by atoms with Gasteiger partial charge >= 0.3 is 0 Å². The van der Waals surface area contributed by atoms with E-state index in [4.69, 9.17) is 0 Å². The fourth-order valence-corrected chi connectivity index (χ4v) is 4.74. The monoisotopic (exact) mass is 466 g/mol. The second-order valence-electron chi connectivity index (χ2n) is 10.1. The Morgan fingerprint density at radius 2 is 1.20 bits per heavy atom. The van der Waals surface area contributed by atoms with Gasteiger partial charge in [0.1, 0.15) is 11.6 Å². The Morgan fingerprint density at radius 3 is 1.80 bits per heavy atom. The minimum Gasteiger partial charge on any atom is -0.205 e. The molecule has 0 amide bonds. The van der Waals surface area contributed by atoms with E-state index in [1.165, 1.54) is 48.9 Å². The van der Waals surface area contributed by atoms with Gasteiger partial charge in [0.2, 0.25) is 0 Å². The molecule has 0 spiro atoms. The first-order valence-corrected chi connectivity index (χ1v) is 12.5. The maximum Gasteiger partial charge on any atom is 0.143 e. The van der Waals surface area contributed by atoms with Gasteiger partial charge in [0.15, 0.2) is 0 Å². The van der Waals surface area contributed by atoms with Crippen molar-refractivity contribution in [1.29, 1.82) is 0 Å². The van der Waals surface area contributed by atoms with Gasteiger partial charge < -0.3 is 0 Å². The summed E-state index contributed by atoms with van der Waals surface area (Å²) in [6.45, 7) is 8.40. The molecule has 3 aromatic carbocycles. The van der Waals surface area contributed by atoms with Crippen LogP contribution in [0.15, 0.2) is 48.5 Å². The van der Waals surface area contributed by atoms with Crippen LogP contribution in [-0.2, 0) is 6.42 Å². The molecule has 0 atom stereocenters. The smallest absolute Gasteiger partial charge is 0.143 e. The Kier molecular flexibility index (Phi) is 7.73. The van der Waals surface area contributed by atoms with Crippen molar-refractivity contribution < 1.29 is 8.78 Å². The summed E-state index contributed by atoms with van der Waals surface area (Å²) in [5.41, 5.74) is 6.39. The Labute approximate surface area is 208 Å². The van der Waals surface area contributed by atoms with E-state index in [0.29, 0.717) is 5.56 Å². The number of hydrogen-bond donors (Lipinski definition) is 0. The number of rotatable bonds is 2. The number of aryl methyl sites for hydroxylation is 2. The Morgan fingerprint density at radius 1 is 0.686 bits per heavy atom. The summed E-state index contributed by atoms with van der Waals surface area (Å²) in [5.74, 6) is 11.7. The predicted molar refractivity (Wildman–Crippen MR) is 140 cm³/mol. The molecule has 0 aliphatic heterocycles. The minimum absolute atomic E-state index is 0.229. The summed E-state index contributed by atoms with van der Waals surface area (Å²) >= 11 is 0. The largest absolute Gasteiger partial charge is 0.205 e. The number of benzene rings is 3. The molecule has 2 heteroatoms. The van der Waals surface area contributed by atoms with Crippen LogP contribution in [0.3, 0.4) is 0 Å². The van der Waals surface area contributed by atoms with E-state index in [1.807, 2.05) is 45.0 Å². The van der Waals surface area contributed by atoms with Crippen molar-refractivity contribution in [2.45, 2.75) is 59.8 Å². The van der Waals surface area contributed by atoms with Crippen LogP contribution in [0.4, 0.5) is 8.78 Å². The van der Waals surface area contributed by atoms with Gasteiger partial charge in [0, 0.05) is 16.7 Å². The van der Waals surface area contributed by atoms with Crippen LogP contribution in [0.2, 0.25) is 0 Å². The molecule has 0 bridgehead atoms. The summed E-state index contributed by atoms with van der Waals surface area (Å²) in [6.07, 6.45) is 6.39. The lowest BCUT2D eigenvalue weighted by atomic mass is 9.80. The molecular formula is C33H32F2. The minimum atomic E-state index is -0.695. The highest BCUT2D eigenvalue weighted by atomic mass is 19.1. The molecule has 35 heavy (non-hydrogen) atoms. The maximum atomic E-state index is 14.7. The van der Waals surface area contributed by atoms with Crippen molar-refractivity contribution in [3.05, 3.63) is 105 Å². The van der Waals surface area contributed by atoms with Crippen LogP contribution in [-0.4, -0.2) is 0 Å². The summed E-state index contributed by atoms with van der Waals surface area (Å²) < 4.78 is 29.3. The Bertz CT molecular complexity index is 1290. The van der Waals surface area contributed by atoms with Crippen LogP contribution in [0.5, 0.6) is 0 Å². The maximum absolute atomic E-state index is 14.7. The topological polar surface area (TPSA) is 0 Å². The van der Waals surface area contributed by atoms with Gasteiger partial charge in [-0.1, -0.05) is 55.6 Å². The normalized spacial score (nSPS) is 17.2. The van der Waals surface area contributed by atoms with Crippen molar-refractivity contribution in [2.24, 2.45) is 11.8 Å². The van der Waals surface area contributed by atoms with Gasteiger partial charge in [-0.15, -0.1) is 0 Å². The van der Waals surface area contributed by atoms with Gasteiger partial charge in [-0.25, -0.2) is 8.78 Å². The molecule has 0 unspecified atom stereocenters. The molecule has 0 N–H and O–H groups in total. The van der Waals surface area contributed by atoms with E-state index in [0.717, 1.165) is 40.5 Å². The second kappa shape index (κ2) is 10.9. The number of hydrogen-bond acceptors (Lipinski definition) is 0. The van der Waals surface area contributed by atoms with Gasteiger partial charge in [0.25, 0.3) is 0 Å². The summed E-state index contributed by atoms with van der Waals surface area (Å²) in [4.78, 5) is 0. The van der Waals surface area contributed by atoms with Crippen LogP contribution in [0.1, 0.15) is 77.1 Å². The molecule has 0 radical (unpaired) electrons. The average Bonchev–Trinajstić information content (AvgIpc) is 2.83. The quantitative estimate of drug-likeness (QED) is 0.335. The van der Waals surface area contributed by atoms with Crippen LogP contribution < -0.4 is 0 Å². The molecule has 0 aromatic heterocycles. The first-order chi connectivity index (χ1) is 16.8. The molecule has 1 fully saturated rings. The fraction of sp³-hybridized carbons (Fsp3) is 0.333. The lowest BCUT2D eigenvalue weighted by molar-refractivity contribution is 0.289. The van der Waals surface area contributed by atoms with Crippen molar-refractivity contribution in [3.63, 3.8) is 0 Å². The fourth-order valence-electron chi connectivity index (χ4n) is 4.74. The lowest BCUT2D eigenvalue weighted by Crippen LogP contribution is -2.14. The van der Waals surface area contributed by atoms with Gasteiger partial charge in [-0.3, -0.25) is 0 Å². The Balaban J connectivity index is 1.46. The molecule has 178 valence electrons. The zero-order valence-electron chi connectivity index (χ0n) is 21.1. The van der Waals surface area contributed by atoms with Crippen LogP contribution >= 0.6 is 0 Å². The van der Waals surface area contributed by atoms with Crippen molar-refractivity contribution in [3.8, 4) is 23.7 Å². The van der Waals surface area contributed by atoms with E-state index in [-0.39, 0.29) is 5.56 Å². The molecular weight excluding hydrogens is 434 g/mol. The van der Waals surface area contributed by atoms with E-state index < -0.39 is 11.6 Å². The summed E-state index contributed by atoms with van der Waals surface area (Å²) in [7, 11) is 0. The molecule has 0 saturated heterocycles. The van der Waals surface area contributed by atoms with Gasteiger partial charge in [-0.05, 0) is 111 Å². The highest BCUT2D eigenvalue weighted by Gasteiger charge is 2.18. The van der Waals surface area contributed by atoms with E-state index in [1.54, 1.807) is 0 Å². The number of halogens is 2. The molecule has 0 nitrogen and oxygen atoms in total. The lowest BCUT2D eigenvalue weighted by Gasteiger charge is -2.26. The SMILES string of the molecule is Cc1cc(C#Cc2c(F)cc(C#Cc3ccc(CC4CCC(C)CC4)cc3)cc2F)cc(C)c1C. The highest BCUT2D eigenvalue weighted by molar-refractivity contribution is 5.51. The van der Waals surface area contributed by atoms with E-state index >= 15 is 0 Å². The van der Waals surface area contributed by atoms with E-state index in [2.05, 4.69) is 42.7 Å². The molecule has 1 aliphatic rings. The third kappa shape index (κ3) is 6.41. The van der Waals surface area contributed by atoms with Crippen molar-refractivity contribution >= 4 is 0 Å². The van der Waals surface area contributed by atoms with E-state index in [9.17, 15) is 8.78 Å². The molecule has 4 rings (SSSR count). The average molecular weight is 467 g/mol. The van der Waals surface area contributed by atoms with Crippen LogP contribution in [0, 0.1) is 67.9 Å². The van der Waals surface area contributed by atoms with Crippen LogP contribution in [0.25, 0.3) is 0 Å². The Hall–Kier alpha value is -3.36. The first-order valence-electron chi connectivity index (χ1n) is 12.5. The molecule has 0 heterocycles. The third-order valence-electron chi connectivity index (χ3n) is 7.27. The summed E-state index contributed by atoms with van der Waals surface area (Å²) in [5, 5.41) is 0. The zero-order chi connectivity index (χ0) is 24.9.